The molecular weight excluding hydrogens is 377 g/mol. The molecule has 0 bridgehead atoms. The molecular formula is C13H12BCoF5N4. The van der Waals surface area contributed by atoms with E-state index in [1.807, 2.05) is 75.0 Å². The molecule has 1 fully saturated rings. The summed E-state index contributed by atoms with van der Waals surface area (Å²) in [6.07, 6.45) is 8.43. The quantitative estimate of drug-likeness (QED) is 0.479. The minimum atomic E-state index is -5.42. The van der Waals surface area contributed by atoms with Crippen molar-refractivity contribution >= 4 is 7.55 Å². The van der Waals surface area contributed by atoms with Gasteiger partial charge in [0.25, 0.3) is 0 Å². The van der Waals surface area contributed by atoms with Crippen molar-refractivity contribution in [2.45, 2.75) is 6.18 Å². The van der Waals surface area contributed by atoms with Crippen LogP contribution in [0.25, 0.3) is 0 Å². The van der Waals surface area contributed by atoms with E-state index in [1.54, 1.807) is 10.8 Å². The summed E-state index contributed by atoms with van der Waals surface area (Å²) in [7, 11) is 1.83. The monoisotopic (exact) mass is 389 g/mol. The van der Waals surface area contributed by atoms with Gasteiger partial charge in [-0.3, -0.25) is 0 Å². The van der Waals surface area contributed by atoms with Gasteiger partial charge in [0.15, 0.2) is 6.20 Å². The average Bonchev–Trinajstić information content (AvgIpc) is 3.25. The molecule has 0 aromatic carbocycles. The van der Waals surface area contributed by atoms with Crippen molar-refractivity contribution in [1.82, 2.24) is 14.8 Å². The number of aromatic amines is 1. The second-order valence-corrected chi connectivity index (χ2v) is 3.87. The van der Waals surface area contributed by atoms with Crippen LogP contribution in [-0.4, -0.2) is 28.5 Å². The molecule has 0 amide bonds. The molecule has 0 saturated heterocycles. The van der Waals surface area contributed by atoms with Gasteiger partial charge in [0.2, 0.25) is 0 Å². The number of nitrogens with zero attached hydrogens (tertiary/aromatic N) is 3. The Morgan fingerprint density at radius 1 is 1.04 bits per heavy atom. The van der Waals surface area contributed by atoms with E-state index in [9.17, 15) is 22.0 Å². The molecule has 7 radical (unpaired) electrons. The minimum Gasteiger partial charge on any atom is -0.412 e. The summed E-state index contributed by atoms with van der Waals surface area (Å²) in [6.45, 7) is 0. The molecule has 11 heteroatoms. The maximum Gasteiger partial charge on any atom is 0.742 e. The van der Waals surface area contributed by atoms with Crippen LogP contribution in [0.4, 0.5) is 22.0 Å². The van der Waals surface area contributed by atoms with Gasteiger partial charge in [-0.25, -0.2) is 17.8 Å². The molecule has 0 aliphatic heterocycles. The Kier molecular flexibility index (Phi) is 11.4. The smallest absolute Gasteiger partial charge is 0.412 e. The number of H-pyrrole nitrogens is 1. The summed E-state index contributed by atoms with van der Waals surface area (Å²) in [4.78, 5) is 0. The minimum absolute atomic E-state index is 0. The number of hydrogen-bond acceptors (Lipinski definition) is 1. The van der Waals surface area contributed by atoms with E-state index >= 15 is 0 Å². The van der Waals surface area contributed by atoms with Crippen molar-refractivity contribution in [3.05, 3.63) is 75.4 Å². The summed E-state index contributed by atoms with van der Waals surface area (Å²) in [5, 5.41) is 6.99. The third kappa shape index (κ3) is 10.4. The fourth-order valence-electron chi connectivity index (χ4n) is 1.18. The number of aromatic nitrogens is 4. The fraction of sp³-hybridized carbons (Fsp3) is 0.0769. The van der Waals surface area contributed by atoms with Crippen LogP contribution in [0.5, 0.6) is 0 Å². The van der Waals surface area contributed by atoms with Crippen LogP contribution in [0, 0.1) is 38.5 Å². The van der Waals surface area contributed by atoms with Gasteiger partial charge in [-0.2, -0.15) is 14.8 Å². The van der Waals surface area contributed by atoms with Gasteiger partial charge < -0.3 is 8.78 Å². The van der Waals surface area contributed by atoms with Crippen molar-refractivity contribution in [3.63, 3.8) is 0 Å². The molecule has 0 unspecified atom stereocenters. The van der Waals surface area contributed by atoms with Gasteiger partial charge in [0, 0.05) is 35.2 Å². The molecule has 24 heavy (non-hydrogen) atoms. The van der Waals surface area contributed by atoms with Crippen LogP contribution >= 0.6 is 0 Å². The van der Waals surface area contributed by atoms with Crippen LogP contribution in [0.3, 0.4) is 0 Å². The molecule has 3 rings (SSSR count). The van der Waals surface area contributed by atoms with Crippen LogP contribution in [0.2, 0.25) is 0 Å². The van der Waals surface area contributed by atoms with Gasteiger partial charge in [0.05, 0.1) is 6.20 Å². The number of alkyl halides is 3. The van der Waals surface area contributed by atoms with E-state index < -0.39 is 12.6 Å². The van der Waals surface area contributed by atoms with Crippen molar-refractivity contribution < 1.29 is 43.3 Å². The Morgan fingerprint density at radius 2 is 1.58 bits per heavy atom. The third-order valence-corrected chi connectivity index (χ3v) is 2.10. The number of halogens is 5. The first-order valence-electron chi connectivity index (χ1n) is 6.20. The third-order valence-electron chi connectivity index (χ3n) is 2.10. The summed E-state index contributed by atoms with van der Waals surface area (Å²) in [6, 6.07) is 3.79. The Hall–Kier alpha value is -1.36. The number of rotatable bonds is 2. The second-order valence-electron chi connectivity index (χ2n) is 3.87. The second kappa shape index (κ2) is 12.1. The fourth-order valence-corrected chi connectivity index (χ4v) is 1.18. The summed E-state index contributed by atoms with van der Waals surface area (Å²) in [5.74, 6) is 0. The Labute approximate surface area is 147 Å². The van der Waals surface area contributed by atoms with Gasteiger partial charge >= 0.3 is 13.7 Å². The summed E-state index contributed by atoms with van der Waals surface area (Å²) in [5.41, 5.74) is 0. The molecule has 1 aliphatic rings. The van der Waals surface area contributed by atoms with Crippen LogP contribution in [0.1, 0.15) is 0 Å². The Bertz CT molecular complexity index is 461. The molecule has 2 aromatic heterocycles. The molecule has 131 valence electrons. The standard InChI is InChI=1S/C6H7BN4.C5H5.C2F5.Co/c1-3-8-10(5-1)7-11-6-2-4-9-11;1-2-4-5-3-1;3-1(4)2(5,6)7;/h1-6,8H;1-5H;;/q+1;;-1;. The first-order chi connectivity index (χ1) is 10.9. The zero-order valence-corrected chi connectivity index (χ0v) is 13.0. The molecule has 2 aromatic rings. The predicted octanol–water partition coefficient (Wildman–Crippen LogP) is 2.43. The van der Waals surface area contributed by atoms with Gasteiger partial charge in [0.1, 0.15) is 6.43 Å². The molecule has 4 nitrogen and oxygen atoms in total. The Balaban J connectivity index is 0.000000354. The van der Waals surface area contributed by atoms with E-state index in [4.69, 9.17) is 0 Å². The zero-order chi connectivity index (χ0) is 17.1. The van der Waals surface area contributed by atoms with E-state index in [0.29, 0.717) is 0 Å². The maximum atomic E-state index is 10.4. The van der Waals surface area contributed by atoms with Gasteiger partial charge in [-0.05, 0) is 38.2 Å². The Morgan fingerprint density at radius 3 is 1.92 bits per heavy atom. The maximum absolute atomic E-state index is 10.4. The van der Waals surface area contributed by atoms with E-state index in [1.165, 1.54) is 0 Å². The van der Waals surface area contributed by atoms with Crippen molar-refractivity contribution in [3.8, 4) is 0 Å². The summed E-state index contributed by atoms with van der Waals surface area (Å²) < 4.78 is 55.4. The average molecular weight is 389 g/mol. The molecule has 1 saturated carbocycles. The van der Waals surface area contributed by atoms with Crippen LogP contribution < -0.4 is 4.59 Å². The SMILES string of the molecule is F[C-](F)C(F)(F)F.[B](n1cccn1)[n+]1ccc[nH]1.[CH]1[CH][CH][CH][CH]1.[Co]. The molecule has 1 N–H and O–H groups in total. The first kappa shape index (κ1) is 22.6. The van der Waals surface area contributed by atoms with E-state index in [2.05, 4.69) is 10.2 Å². The van der Waals surface area contributed by atoms with Crippen molar-refractivity contribution in [2.75, 3.05) is 0 Å². The summed E-state index contributed by atoms with van der Waals surface area (Å²) >= 11 is 0. The van der Waals surface area contributed by atoms with E-state index in [0.717, 1.165) is 0 Å². The largest absolute Gasteiger partial charge is 0.742 e. The van der Waals surface area contributed by atoms with E-state index in [-0.39, 0.29) is 16.8 Å². The molecule has 0 atom stereocenters. The molecule has 1 aliphatic carbocycles. The number of hydrogen-bond donors (Lipinski definition) is 1. The normalized spacial score (nSPS) is 13.2. The van der Waals surface area contributed by atoms with Gasteiger partial charge in [-0.15, -0.1) is 0 Å². The first-order valence-corrected chi connectivity index (χ1v) is 6.20. The molecule has 0 spiro atoms. The van der Waals surface area contributed by atoms with Crippen LogP contribution in [-0.2, 0) is 16.8 Å². The van der Waals surface area contributed by atoms with Crippen LogP contribution in [0.15, 0.2) is 36.9 Å². The van der Waals surface area contributed by atoms with Gasteiger partial charge in [-0.1, -0.05) is 0 Å². The predicted molar refractivity (Wildman–Crippen MR) is 72.8 cm³/mol. The zero-order valence-electron chi connectivity index (χ0n) is 12.0. The topological polar surface area (TPSA) is 37.5 Å². The van der Waals surface area contributed by atoms with Crippen molar-refractivity contribution in [2.24, 2.45) is 0 Å². The molecule has 2 heterocycles. The van der Waals surface area contributed by atoms with Crippen molar-refractivity contribution in [1.29, 1.82) is 0 Å². The number of nitrogens with one attached hydrogen (secondary N) is 1.